The van der Waals surface area contributed by atoms with Crippen molar-refractivity contribution in [2.45, 2.75) is 17.4 Å². The predicted octanol–water partition coefficient (Wildman–Crippen LogP) is 1.56. The van der Waals surface area contributed by atoms with Crippen molar-refractivity contribution >= 4 is 38.6 Å². The number of hydrogen-bond donors (Lipinski definition) is 1. The van der Waals surface area contributed by atoms with Crippen LogP contribution < -0.4 is 5.32 Å². The van der Waals surface area contributed by atoms with Crippen LogP contribution in [0.5, 0.6) is 0 Å². The molecule has 1 aliphatic heterocycles. The molecule has 1 N–H and O–H groups in total. The summed E-state index contributed by atoms with van der Waals surface area (Å²) in [6.45, 7) is 2.30. The first-order chi connectivity index (χ1) is 7.50. The number of hydrogen-bond acceptors (Lipinski definition) is 6. The fourth-order valence-electron chi connectivity index (χ4n) is 1.47. The second-order valence-electron chi connectivity index (χ2n) is 4.66. The molecule has 0 spiro atoms. The zero-order valence-corrected chi connectivity index (χ0v) is 14.7. The quantitative estimate of drug-likeness (QED) is 0.733. The van der Waals surface area contributed by atoms with Crippen LogP contribution in [0, 0.1) is 0 Å². The van der Waals surface area contributed by atoms with E-state index in [2.05, 4.69) is 55.3 Å². The van der Waals surface area contributed by atoms with Crippen molar-refractivity contribution in [1.82, 2.24) is 20.0 Å². The van der Waals surface area contributed by atoms with Crippen molar-refractivity contribution in [3.8, 4) is 0 Å². The molecule has 0 aromatic carbocycles. The van der Waals surface area contributed by atoms with Gasteiger partial charge >= 0.3 is 0 Å². The van der Waals surface area contributed by atoms with Crippen LogP contribution in [0.2, 0.25) is 0 Å². The summed E-state index contributed by atoms with van der Waals surface area (Å²) in [6, 6.07) is 0. The molecule has 0 aromatic rings. The van der Waals surface area contributed by atoms with E-state index in [4.69, 9.17) is 0 Å². The Kier molecular flexibility index (Phi) is 9.55. The topological polar surface area (TPSA) is 21.8 Å². The summed E-state index contributed by atoms with van der Waals surface area (Å²) in [4.78, 5) is 6.84. The molecule has 1 heterocycles. The average molecular weight is 345 g/mol. The van der Waals surface area contributed by atoms with Gasteiger partial charge in [0.2, 0.25) is 0 Å². The van der Waals surface area contributed by atoms with E-state index in [1.807, 2.05) is 21.6 Å². The number of halogens is 1. The van der Waals surface area contributed by atoms with Gasteiger partial charge in [0.15, 0.2) is 0 Å². The molecule has 1 fully saturated rings. The molecular weight excluding hydrogens is 320 g/mol. The van der Waals surface area contributed by atoms with Gasteiger partial charge in [-0.1, -0.05) is 21.6 Å². The van der Waals surface area contributed by atoms with Crippen molar-refractivity contribution < 1.29 is 0 Å². The van der Waals surface area contributed by atoms with Crippen LogP contribution in [-0.4, -0.2) is 74.0 Å². The third-order valence-corrected chi connectivity index (χ3v) is 5.46. The smallest absolute Gasteiger partial charge is 0.120 e. The van der Waals surface area contributed by atoms with Gasteiger partial charge in [-0.15, -0.1) is 17.0 Å². The second kappa shape index (κ2) is 9.01. The van der Waals surface area contributed by atoms with Gasteiger partial charge in [0.25, 0.3) is 0 Å². The zero-order chi connectivity index (χ0) is 12.1. The van der Waals surface area contributed by atoms with Crippen molar-refractivity contribution in [1.29, 1.82) is 0 Å². The molecule has 1 rings (SSSR count). The summed E-state index contributed by atoms with van der Waals surface area (Å²) in [5.41, 5.74) is 0.880. The summed E-state index contributed by atoms with van der Waals surface area (Å²) in [5, 5.41) is 3.59. The van der Waals surface area contributed by atoms with Crippen molar-refractivity contribution in [2.75, 3.05) is 48.3 Å². The van der Waals surface area contributed by atoms with Gasteiger partial charge in [-0.05, 0) is 48.2 Å². The molecule has 0 amide bonds. The standard InChI is InChI=1S/C10H24N4S2.BrH/c1-12(2)7-6-8-14(5)10-11-9(13(3)4)15-16-10;/h9-11H,6-8H2,1-5H3;1H. The lowest BCUT2D eigenvalue weighted by molar-refractivity contribution is 0.227. The van der Waals surface area contributed by atoms with Gasteiger partial charge in [-0.25, -0.2) is 0 Å². The van der Waals surface area contributed by atoms with Gasteiger partial charge in [-0.3, -0.25) is 15.1 Å². The van der Waals surface area contributed by atoms with Crippen molar-refractivity contribution in [3.05, 3.63) is 0 Å². The summed E-state index contributed by atoms with van der Waals surface area (Å²) in [5.74, 6) is 0. The fraction of sp³-hybridized carbons (Fsp3) is 1.00. The van der Waals surface area contributed by atoms with Crippen molar-refractivity contribution in [2.24, 2.45) is 0 Å². The Balaban J connectivity index is 0.00000256. The molecule has 1 aliphatic rings. The van der Waals surface area contributed by atoms with E-state index >= 15 is 0 Å². The maximum Gasteiger partial charge on any atom is 0.120 e. The zero-order valence-electron chi connectivity index (χ0n) is 11.3. The Bertz CT molecular complexity index is 207. The van der Waals surface area contributed by atoms with Crippen LogP contribution in [0.1, 0.15) is 6.42 Å². The molecule has 2 atom stereocenters. The SMILES string of the molecule is Br.CN(C)CCCN(C)C1NC(N(C)C)SS1. The highest BCUT2D eigenvalue weighted by Gasteiger charge is 2.29. The van der Waals surface area contributed by atoms with Crippen molar-refractivity contribution in [3.63, 3.8) is 0 Å². The summed E-state index contributed by atoms with van der Waals surface area (Å²) < 4.78 is 0. The van der Waals surface area contributed by atoms with E-state index in [0.717, 1.165) is 13.1 Å². The molecule has 0 saturated carbocycles. The minimum absolute atomic E-state index is 0. The van der Waals surface area contributed by atoms with Crippen LogP contribution >= 0.6 is 38.6 Å². The fourth-order valence-corrected chi connectivity index (χ4v) is 4.48. The molecule has 2 unspecified atom stereocenters. The number of rotatable bonds is 6. The minimum Gasteiger partial charge on any atom is -0.309 e. The minimum atomic E-state index is 0. The second-order valence-corrected chi connectivity index (χ2v) is 7.10. The van der Waals surface area contributed by atoms with Crippen LogP contribution in [0.3, 0.4) is 0 Å². The van der Waals surface area contributed by atoms with Gasteiger partial charge in [0.1, 0.15) is 11.0 Å². The number of nitrogens with zero attached hydrogens (tertiary/aromatic N) is 3. The highest BCUT2D eigenvalue weighted by Crippen LogP contribution is 2.38. The van der Waals surface area contributed by atoms with Crippen LogP contribution in [0.15, 0.2) is 0 Å². The highest BCUT2D eigenvalue weighted by molar-refractivity contribution is 8.93. The molecule has 1 saturated heterocycles. The molecule has 0 radical (unpaired) electrons. The molecule has 4 nitrogen and oxygen atoms in total. The third kappa shape index (κ3) is 6.66. The molecule has 0 aliphatic carbocycles. The largest absolute Gasteiger partial charge is 0.309 e. The Morgan fingerprint density at radius 2 is 1.53 bits per heavy atom. The maximum atomic E-state index is 3.59. The summed E-state index contributed by atoms with van der Waals surface area (Å²) in [6.07, 6.45) is 1.22. The normalized spacial score (nSPS) is 24.7. The van der Waals surface area contributed by atoms with Gasteiger partial charge < -0.3 is 4.90 Å². The first kappa shape index (κ1) is 18.0. The van der Waals surface area contributed by atoms with E-state index in [0.29, 0.717) is 11.0 Å². The van der Waals surface area contributed by atoms with E-state index in [-0.39, 0.29) is 17.0 Å². The average Bonchev–Trinajstić information content (AvgIpc) is 2.65. The monoisotopic (exact) mass is 344 g/mol. The molecule has 0 bridgehead atoms. The lowest BCUT2D eigenvalue weighted by atomic mass is 10.4. The van der Waals surface area contributed by atoms with E-state index in [1.165, 1.54) is 6.42 Å². The molecular formula is C10H25BrN4S2. The summed E-state index contributed by atoms with van der Waals surface area (Å²) >= 11 is 0. The Labute approximate surface area is 124 Å². The van der Waals surface area contributed by atoms with Crippen LogP contribution in [-0.2, 0) is 0 Å². The van der Waals surface area contributed by atoms with E-state index in [9.17, 15) is 0 Å². The first-order valence-corrected chi connectivity index (χ1v) is 7.88. The van der Waals surface area contributed by atoms with E-state index in [1.54, 1.807) is 0 Å². The number of nitrogens with one attached hydrogen (secondary N) is 1. The van der Waals surface area contributed by atoms with Gasteiger partial charge in [-0.2, -0.15) is 0 Å². The Morgan fingerprint density at radius 1 is 0.941 bits per heavy atom. The third-order valence-electron chi connectivity index (χ3n) is 2.51. The summed E-state index contributed by atoms with van der Waals surface area (Å²) in [7, 11) is 14.5. The lowest BCUT2D eigenvalue weighted by Crippen LogP contribution is -2.45. The lowest BCUT2D eigenvalue weighted by Gasteiger charge is -2.25. The molecule has 7 heteroatoms. The predicted molar refractivity (Wildman–Crippen MR) is 85.7 cm³/mol. The van der Waals surface area contributed by atoms with Gasteiger partial charge in [0.05, 0.1) is 0 Å². The van der Waals surface area contributed by atoms with Crippen LogP contribution in [0.4, 0.5) is 0 Å². The van der Waals surface area contributed by atoms with Crippen LogP contribution in [0.25, 0.3) is 0 Å². The van der Waals surface area contributed by atoms with E-state index < -0.39 is 0 Å². The highest BCUT2D eigenvalue weighted by atomic mass is 79.9. The Hall–Kier alpha value is 1.02. The van der Waals surface area contributed by atoms with Gasteiger partial charge in [0, 0.05) is 6.54 Å². The maximum absolute atomic E-state index is 3.59. The molecule has 0 aromatic heterocycles. The molecule has 104 valence electrons. The molecule has 17 heavy (non-hydrogen) atoms. The Morgan fingerprint density at radius 3 is 2.00 bits per heavy atom. The first-order valence-electron chi connectivity index (χ1n) is 5.60.